The van der Waals surface area contributed by atoms with Crippen LogP contribution in [0.4, 0.5) is 5.69 Å². The number of nitrogens with one attached hydrogen (secondary N) is 1. The molecule has 0 aliphatic rings. The van der Waals surface area contributed by atoms with Gasteiger partial charge in [0.2, 0.25) is 0 Å². The van der Waals surface area contributed by atoms with Crippen molar-refractivity contribution in [2.24, 2.45) is 0 Å². The highest BCUT2D eigenvalue weighted by molar-refractivity contribution is 6.04. The number of hydrogen-bond donors (Lipinski definition) is 2. The molecule has 23 heavy (non-hydrogen) atoms. The van der Waals surface area contributed by atoms with Crippen molar-refractivity contribution < 1.29 is 9.90 Å². The Kier molecular flexibility index (Phi) is 4.88. The van der Waals surface area contributed by atoms with Crippen LogP contribution in [-0.2, 0) is 0 Å². The predicted octanol–water partition coefficient (Wildman–Crippen LogP) is 3.68. The zero-order chi connectivity index (χ0) is 17.0. The van der Waals surface area contributed by atoms with Gasteiger partial charge in [0.15, 0.2) is 0 Å². The summed E-state index contributed by atoms with van der Waals surface area (Å²) < 4.78 is 0. The molecule has 0 aromatic heterocycles. The number of amides is 1. The Labute approximate surface area is 137 Å². The molecule has 0 radical (unpaired) electrons. The first-order chi connectivity index (χ1) is 10.7. The number of carbonyl (C=O) groups is 1. The second-order valence-corrected chi connectivity index (χ2v) is 6.14. The number of anilines is 1. The van der Waals surface area contributed by atoms with Crippen LogP contribution in [0.1, 0.15) is 40.9 Å². The van der Waals surface area contributed by atoms with Gasteiger partial charge in [-0.3, -0.25) is 4.79 Å². The first-order valence-corrected chi connectivity index (χ1v) is 7.49. The van der Waals surface area contributed by atoms with E-state index in [4.69, 9.17) is 0 Å². The van der Waals surface area contributed by atoms with Crippen LogP contribution in [0, 0.1) is 25.7 Å². The SMILES string of the molecule is Cc1ccc(NC(=O)c2ccc(C#CC(C)(C)O)cc2)cc1C. The monoisotopic (exact) mass is 307 g/mol. The molecule has 0 aliphatic carbocycles. The maximum absolute atomic E-state index is 12.3. The third-order valence-electron chi connectivity index (χ3n) is 3.42. The van der Waals surface area contributed by atoms with Crippen molar-refractivity contribution in [1.29, 1.82) is 0 Å². The molecule has 0 fully saturated rings. The van der Waals surface area contributed by atoms with Gasteiger partial charge < -0.3 is 10.4 Å². The molecule has 2 rings (SSSR count). The van der Waals surface area contributed by atoms with Gasteiger partial charge in [-0.15, -0.1) is 0 Å². The van der Waals surface area contributed by atoms with E-state index in [1.165, 1.54) is 5.56 Å². The Morgan fingerprint density at radius 3 is 2.26 bits per heavy atom. The minimum atomic E-state index is -1.03. The zero-order valence-electron chi connectivity index (χ0n) is 13.9. The third kappa shape index (κ3) is 4.98. The van der Waals surface area contributed by atoms with Crippen LogP contribution in [0.15, 0.2) is 42.5 Å². The molecule has 118 valence electrons. The lowest BCUT2D eigenvalue weighted by molar-refractivity contribution is 0.102. The first kappa shape index (κ1) is 16.8. The smallest absolute Gasteiger partial charge is 0.255 e. The van der Waals surface area contributed by atoms with Gasteiger partial charge in [0, 0.05) is 16.8 Å². The highest BCUT2D eigenvalue weighted by Crippen LogP contribution is 2.15. The highest BCUT2D eigenvalue weighted by Gasteiger charge is 2.08. The number of aryl methyl sites for hydroxylation is 2. The van der Waals surface area contributed by atoms with Gasteiger partial charge in [-0.2, -0.15) is 0 Å². The van der Waals surface area contributed by atoms with E-state index in [2.05, 4.69) is 17.2 Å². The summed E-state index contributed by atoms with van der Waals surface area (Å²) in [5, 5.41) is 12.5. The van der Waals surface area contributed by atoms with E-state index >= 15 is 0 Å². The molecule has 0 heterocycles. The van der Waals surface area contributed by atoms with Crippen molar-refractivity contribution in [2.45, 2.75) is 33.3 Å². The quantitative estimate of drug-likeness (QED) is 0.832. The maximum atomic E-state index is 12.3. The summed E-state index contributed by atoms with van der Waals surface area (Å²) in [7, 11) is 0. The van der Waals surface area contributed by atoms with Crippen LogP contribution in [0.2, 0.25) is 0 Å². The van der Waals surface area contributed by atoms with Crippen LogP contribution >= 0.6 is 0 Å². The average Bonchev–Trinajstić information content (AvgIpc) is 2.49. The van der Waals surface area contributed by atoms with E-state index in [-0.39, 0.29) is 5.91 Å². The van der Waals surface area contributed by atoms with E-state index in [1.54, 1.807) is 38.1 Å². The number of rotatable bonds is 2. The summed E-state index contributed by atoms with van der Waals surface area (Å²) in [5.41, 5.74) is 3.41. The molecule has 2 N–H and O–H groups in total. The summed E-state index contributed by atoms with van der Waals surface area (Å²) in [5.74, 6) is 5.47. The van der Waals surface area contributed by atoms with Crippen molar-refractivity contribution in [2.75, 3.05) is 5.32 Å². The van der Waals surface area contributed by atoms with Gasteiger partial charge in [0.25, 0.3) is 5.91 Å². The fraction of sp³-hybridized carbons (Fsp3) is 0.250. The Morgan fingerprint density at radius 1 is 1.04 bits per heavy atom. The number of aliphatic hydroxyl groups is 1. The van der Waals surface area contributed by atoms with Gasteiger partial charge in [-0.1, -0.05) is 17.9 Å². The lowest BCUT2D eigenvalue weighted by Crippen LogP contribution is -2.14. The molecule has 1 amide bonds. The van der Waals surface area contributed by atoms with Crippen molar-refractivity contribution in [3.8, 4) is 11.8 Å². The molecule has 2 aromatic carbocycles. The Balaban J connectivity index is 2.10. The Hall–Kier alpha value is -2.57. The molecule has 0 bridgehead atoms. The second-order valence-electron chi connectivity index (χ2n) is 6.14. The average molecular weight is 307 g/mol. The molecule has 3 nitrogen and oxygen atoms in total. The van der Waals surface area contributed by atoms with E-state index in [1.807, 2.05) is 32.0 Å². The minimum Gasteiger partial charge on any atom is -0.378 e. The summed E-state index contributed by atoms with van der Waals surface area (Å²) in [6.45, 7) is 7.31. The van der Waals surface area contributed by atoms with Crippen LogP contribution in [-0.4, -0.2) is 16.6 Å². The highest BCUT2D eigenvalue weighted by atomic mass is 16.3. The summed E-state index contributed by atoms with van der Waals surface area (Å²) in [4.78, 5) is 12.3. The Morgan fingerprint density at radius 2 is 1.70 bits per heavy atom. The predicted molar refractivity (Wildman–Crippen MR) is 93.5 cm³/mol. The van der Waals surface area contributed by atoms with Crippen molar-refractivity contribution in [3.63, 3.8) is 0 Å². The normalized spacial score (nSPS) is 10.7. The molecule has 3 heteroatoms. The number of hydrogen-bond acceptors (Lipinski definition) is 2. The molecule has 0 saturated heterocycles. The lowest BCUT2D eigenvalue weighted by atomic mass is 10.1. The van der Waals surface area contributed by atoms with E-state index in [0.29, 0.717) is 5.56 Å². The van der Waals surface area contributed by atoms with E-state index < -0.39 is 5.60 Å². The fourth-order valence-electron chi connectivity index (χ4n) is 1.95. The fourth-order valence-corrected chi connectivity index (χ4v) is 1.95. The van der Waals surface area contributed by atoms with Gasteiger partial charge in [-0.05, 0) is 75.2 Å². The summed E-state index contributed by atoms with van der Waals surface area (Å²) in [6, 6.07) is 12.8. The molecule has 0 aliphatic heterocycles. The lowest BCUT2D eigenvalue weighted by Gasteiger charge is -2.08. The van der Waals surface area contributed by atoms with Gasteiger partial charge in [-0.25, -0.2) is 0 Å². The van der Waals surface area contributed by atoms with Crippen LogP contribution in [0.5, 0.6) is 0 Å². The number of benzene rings is 2. The summed E-state index contributed by atoms with van der Waals surface area (Å²) >= 11 is 0. The maximum Gasteiger partial charge on any atom is 0.255 e. The van der Waals surface area contributed by atoms with Crippen LogP contribution in [0.25, 0.3) is 0 Å². The standard InChI is InChI=1S/C20H21NO2/c1-14-5-10-18(13-15(14)2)21-19(22)17-8-6-16(7-9-17)11-12-20(3,4)23/h5-10,13,23H,1-4H3,(H,21,22). The van der Waals surface area contributed by atoms with Gasteiger partial charge >= 0.3 is 0 Å². The summed E-state index contributed by atoms with van der Waals surface area (Å²) in [6.07, 6.45) is 0. The molecule has 0 spiro atoms. The van der Waals surface area contributed by atoms with Gasteiger partial charge in [0.1, 0.15) is 5.60 Å². The first-order valence-electron chi connectivity index (χ1n) is 7.49. The van der Waals surface area contributed by atoms with E-state index in [9.17, 15) is 9.90 Å². The largest absolute Gasteiger partial charge is 0.378 e. The van der Waals surface area contributed by atoms with Crippen LogP contribution in [0.3, 0.4) is 0 Å². The Bertz CT molecular complexity index is 772. The minimum absolute atomic E-state index is 0.157. The molecular weight excluding hydrogens is 286 g/mol. The van der Waals surface area contributed by atoms with Crippen molar-refractivity contribution in [1.82, 2.24) is 0 Å². The third-order valence-corrected chi connectivity index (χ3v) is 3.42. The van der Waals surface area contributed by atoms with Gasteiger partial charge in [0.05, 0.1) is 0 Å². The van der Waals surface area contributed by atoms with E-state index in [0.717, 1.165) is 16.8 Å². The number of carbonyl (C=O) groups excluding carboxylic acids is 1. The zero-order valence-corrected chi connectivity index (χ0v) is 13.9. The van der Waals surface area contributed by atoms with Crippen molar-refractivity contribution in [3.05, 3.63) is 64.7 Å². The molecule has 0 saturated carbocycles. The second kappa shape index (κ2) is 6.68. The molecule has 2 aromatic rings. The van der Waals surface area contributed by atoms with Crippen molar-refractivity contribution >= 4 is 11.6 Å². The van der Waals surface area contributed by atoms with Crippen LogP contribution < -0.4 is 5.32 Å². The molecular formula is C20H21NO2. The molecule has 0 unspecified atom stereocenters. The molecule has 0 atom stereocenters. The topological polar surface area (TPSA) is 49.3 Å².